The van der Waals surface area contributed by atoms with Gasteiger partial charge in [-0.1, -0.05) is 0 Å². The molecule has 0 aliphatic carbocycles. The van der Waals surface area contributed by atoms with Gasteiger partial charge in [0.2, 0.25) is 5.62 Å². The van der Waals surface area contributed by atoms with E-state index in [9.17, 15) is 4.79 Å². The van der Waals surface area contributed by atoms with Crippen molar-refractivity contribution in [1.82, 2.24) is 9.13 Å². The van der Waals surface area contributed by atoms with Crippen LogP contribution in [0.3, 0.4) is 0 Å². The van der Waals surface area contributed by atoms with Crippen molar-refractivity contribution < 1.29 is 9.90 Å². The average molecular weight is 210 g/mol. The number of carboxylic acid groups (broad SMARTS) is 1. The summed E-state index contributed by atoms with van der Waals surface area (Å²) in [5.74, 6) is -0.980. The van der Waals surface area contributed by atoms with Gasteiger partial charge in [-0.25, -0.2) is 4.79 Å². The van der Waals surface area contributed by atoms with Crippen molar-refractivity contribution in [2.75, 3.05) is 0 Å². The van der Waals surface area contributed by atoms with Gasteiger partial charge in [0.05, 0.1) is 0 Å². The van der Waals surface area contributed by atoms with E-state index in [1.807, 2.05) is 13.8 Å². The number of aromatic carboxylic acids is 1. The summed E-state index contributed by atoms with van der Waals surface area (Å²) in [6.07, 6.45) is 1.50. The quantitative estimate of drug-likeness (QED) is 0.565. The van der Waals surface area contributed by atoms with Crippen molar-refractivity contribution in [3.63, 3.8) is 0 Å². The van der Waals surface area contributed by atoms with Crippen LogP contribution in [0.4, 0.5) is 0 Å². The molecule has 0 atom stereocenters. The molecule has 6 nitrogen and oxygen atoms in total. The monoisotopic (exact) mass is 210 g/mol. The number of rotatable bonds is 2. The zero-order valence-corrected chi connectivity index (χ0v) is 9.22. The maximum absolute atomic E-state index is 10.8. The second-order valence-electron chi connectivity index (χ2n) is 3.44. The molecular weight excluding hydrogens is 196 g/mol. The van der Waals surface area contributed by atoms with Crippen molar-refractivity contribution in [3.05, 3.63) is 17.5 Å². The molecule has 1 aromatic heterocycles. The van der Waals surface area contributed by atoms with Gasteiger partial charge in [0.25, 0.3) is 0 Å². The highest BCUT2D eigenvalue weighted by molar-refractivity contribution is 5.85. The summed E-state index contributed by atoms with van der Waals surface area (Å²) in [5.41, 5.74) is 1.49. The highest BCUT2D eigenvalue weighted by Crippen LogP contribution is 1.94. The van der Waals surface area contributed by atoms with Gasteiger partial charge >= 0.3 is 5.97 Å². The van der Waals surface area contributed by atoms with Crippen LogP contribution >= 0.6 is 0 Å². The smallest absolute Gasteiger partial charge is 0.354 e. The Morgan fingerprint density at radius 2 is 2.00 bits per heavy atom. The number of imidazole rings is 1. The topological polar surface area (TPSA) is 71.9 Å². The first kappa shape index (κ1) is 11.2. The molecule has 0 aliphatic rings. The Labute approximate surface area is 87.2 Å². The summed E-state index contributed by atoms with van der Waals surface area (Å²) in [7, 11) is 3.37. The first-order chi connectivity index (χ1) is 6.93. The molecule has 0 radical (unpaired) electrons. The fourth-order valence-electron chi connectivity index (χ4n) is 1.15. The summed E-state index contributed by atoms with van der Waals surface area (Å²) in [5, 5.41) is 16.7. The van der Waals surface area contributed by atoms with E-state index in [0.717, 1.165) is 5.71 Å². The summed E-state index contributed by atoms with van der Waals surface area (Å²) >= 11 is 0. The average Bonchev–Trinajstić information content (AvgIpc) is 2.39. The predicted octanol–water partition coefficient (Wildman–Crippen LogP) is 0.358. The Hall–Kier alpha value is -1.85. The van der Waals surface area contributed by atoms with Gasteiger partial charge in [-0.2, -0.15) is 5.10 Å². The van der Waals surface area contributed by atoms with Gasteiger partial charge in [0.15, 0.2) is 0 Å². The number of aryl methyl sites for hydroxylation is 1. The number of carbonyl (C=O) groups is 1. The predicted molar refractivity (Wildman–Crippen MR) is 55.7 cm³/mol. The zero-order chi connectivity index (χ0) is 11.6. The molecule has 0 aliphatic heterocycles. The highest BCUT2D eigenvalue weighted by atomic mass is 16.4. The van der Waals surface area contributed by atoms with Crippen LogP contribution in [0.15, 0.2) is 16.4 Å². The molecule has 0 saturated carbocycles. The van der Waals surface area contributed by atoms with Crippen molar-refractivity contribution in [2.24, 2.45) is 24.3 Å². The fourth-order valence-corrected chi connectivity index (χ4v) is 1.15. The third kappa shape index (κ3) is 2.34. The summed E-state index contributed by atoms with van der Waals surface area (Å²) in [4.78, 5) is 10.8. The van der Waals surface area contributed by atoms with Gasteiger partial charge in [0, 0.05) is 26.0 Å². The minimum Gasteiger partial charge on any atom is -0.477 e. The standard InChI is InChI=1S/C9H14N4O2/c1-6(2)10-11-9-12(3)5-7(8(14)15)13(9)4/h5H,1-4H3,(H,14,15). The third-order valence-electron chi connectivity index (χ3n) is 1.85. The summed E-state index contributed by atoms with van der Waals surface area (Å²) in [6.45, 7) is 3.65. The molecule has 1 N–H and O–H groups in total. The number of hydrogen-bond acceptors (Lipinski definition) is 3. The molecule has 0 fully saturated rings. The highest BCUT2D eigenvalue weighted by Gasteiger charge is 2.10. The van der Waals surface area contributed by atoms with Crippen LogP contribution in [0.5, 0.6) is 0 Å². The SMILES string of the molecule is CC(C)=NN=c1n(C)cc(C(=O)O)n1C. The van der Waals surface area contributed by atoms with E-state index < -0.39 is 5.97 Å². The fraction of sp³-hybridized carbons (Fsp3) is 0.444. The van der Waals surface area contributed by atoms with E-state index >= 15 is 0 Å². The lowest BCUT2D eigenvalue weighted by atomic mass is 10.5. The van der Waals surface area contributed by atoms with Crippen LogP contribution < -0.4 is 5.62 Å². The molecule has 0 unspecified atom stereocenters. The Morgan fingerprint density at radius 1 is 1.40 bits per heavy atom. The van der Waals surface area contributed by atoms with Crippen LogP contribution in [-0.2, 0) is 14.1 Å². The molecular formula is C9H14N4O2. The van der Waals surface area contributed by atoms with E-state index in [0.29, 0.717) is 5.62 Å². The third-order valence-corrected chi connectivity index (χ3v) is 1.85. The number of nitrogens with zero attached hydrogens (tertiary/aromatic N) is 4. The second-order valence-corrected chi connectivity index (χ2v) is 3.44. The van der Waals surface area contributed by atoms with Crippen molar-refractivity contribution in [1.29, 1.82) is 0 Å². The normalized spacial score (nSPS) is 11.6. The van der Waals surface area contributed by atoms with Crippen LogP contribution in [0, 0.1) is 0 Å². The molecule has 82 valence electrons. The molecule has 1 rings (SSSR count). The summed E-state index contributed by atoms with van der Waals surface area (Å²) < 4.78 is 3.10. The molecule has 0 spiro atoms. The Morgan fingerprint density at radius 3 is 2.40 bits per heavy atom. The zero-order valence-electron chi connectivity index (χ0n) is 9.22. The van der Waals surface area contributed by atoms with Gasteiger partial charge in [-0.05, 0) is 13.8 Å². The van der Waals surface area contributed by atoms with Crippen LogP contribution in [0.1, 0.15) is 24.3 Å². The van der Waals surface area contributed by atoms with Gasteiger partial charge < -0.3 is 14.2 Å². The number of hydrogen-bond donors (Lipinski definition) is 1. The maximum atomic E-state index is 10.8. The van der Waals surface area contributed by atoms with E-state index in [1.54, 1.807) is 18.7 Å². The minimum absolute atomic E-state index is 0.181. The van der Waals surface area contributed by atoms with E-state index in [1.165, 1.54) is 10.8 Å². The Kier molecular flexibility index (Phi) is 3.08. The van der Waals surface area contributed by atoms with E-state index in [4.69, 9.17) is 5.11 Å². The van der Waals surface area contributed by atoms with Crippen molar-refractivity contribution >= 4 is 11.7 Å². The van der Waals surface area contributed by atoms with Gasteiger partial charge in [0.1, 0.15) is 5.69 Å². The van der Waals surface area contributed by atoms with Crippen LogP contribution in [0.25, 0.3) is 0 Å². The summed E-state index contributed by atoms with van der Waals surface area (Å²) in [6, 6.07) is 0. The molecule has 0 saturated heterocycles. The molecule has 0 aromatic carbocycles. The molecule has 1 heterocycles. The minimum atomic E-state index is -0.980. The lowest BCUT2D eigenvalue weighted by molar-refractivity contribution is 0.0686. The van der Waals surface area contributed by atoms with Crippen molar-refractivity contribution in [2.45, 2.75) is 13.8 Å². The largest absolute Gasteiger partial charge is 0.477 e. The molecule has 15 heavy (non-hydrogen) atoms. The van der Waals surface area contributed by atoms with Crippen LogP contribution in [0.2, 0.25) is 0 Å². The lowest BCUT2D eigenvalue weighted by Crippen LogP contribution is -2.23. The number of aromatic nitrogens is 2. The first-order valence-corrected chi connectivity index (χ1v) is 4.44. The van der Waals surface area contributed by atoms with Gasteiger partial charge in [-0.3, -0.25) is 0 Å². The second kappa shape index (κ2) is 4.12. The van der Waals surface area contributed by atoms with E-state index in [2.05, 4.69) is 10.2 Å². The lowest BCUT2D eigenvalue weighted by Gasteiger charge is -1.94. The van der Waals surface area contributed by atoms with E-state index in [-0.39, 0.29) is 5.69 Å². The Balaban J connectivity index is 3.38. The molecule has 1 aromatic rings. The first-order valence-electron chi connectivity index (χ1n) is 4.44. The molecule has 6 heteroatoms. The number of carboxylic acids is 1. The van der Waals surface area contributed by atoms with Crippen molar-refractivity contribution in [3.8, 4) is 0 Å². The van der Waals surface area contributed by atoms with Gasteiger partial charge in [-0.15, -0.1) is 5.10 Å². The maximum Gasteiger partial charge on any atom is 0.354 e. The molecule has 0 amide bonds. The molecule has 0 bridgehead atoms. The Bertz CT molecular complexity index is 475. The van der Waals surface area contributed by atoms with Crippen LogP contribution in [-0.4, -0.2) is 25.9 Å².